The molecule has 0 saturated carbocycles. The third kappa shape index (κ3) is 2.38. The molecule has 2 rings (SSSR count). The Morgan fingerprint density at radius 1 is 1.50 bits per heavy atom. The lowest BCUT2D eigenvalue weighted by atomic mass is 10.2. The van der Waals surface area contributed by atoms with E-state index in [1.807, 2.05) is 5.38 Å². The molecule has 0 aliphatic rings. The Bertz CT molecular complexity index is 576. The number of amides is 1. The van der Waals surface area contributed by atoms with Crippen LogP contribution >= 0.6 is 11.3 Å². The molecule has 0 unspecified atom stereocenters. The summed E-state index contributed by atoms with van der Waals surface area (Å²) >= 11 is 1.38. The minimum absolute atomic E-state index is 0.0841. The molecule has 8 heteroatoms. The van der Waals surface area contributed by atoms with E-state index in [4.69, 9.17) is 10.8 Å². The number of carbonyl (C=O) groups excluding carboxylic acids is 1. The van der Waals surface area contributed by atoms with E-state index in [0.29, 0.717) is 5.69 Å². The average Bonchev–Trinajstić information content (AvgIpc) is 2.94. The molecule has 2 aromatic heterocycles. The first-order chi connectivity index (χ1) is 8.59. The van der Waals surface area contributed by atoms with Gasteiger partial charge in [-0.25, -0.2) is 9.48 Å². The van der Waals surface area contributed by atoms with E-state index in [1.54, 1.807) is 12.1 Å². The van der Waals surface area contributed by atoms with Gasteiger partial charge in [0.2, 0.25) is 5.91 Å². The summed E-state index contributed by atoms with van der Waals surface area (Å²) in [5, 5.41) is 18.2. The van der Waals surface area contributed by atoms with Crippen LogP contribution in [0.2, 0.25) is 0 Å². The highest BCUT2D eigenvalue weighted by atomic mass is 32.1. The lowest BCUT2D eigenvalue weighted by molar-refractivity contribution is -0.118. The summed E-state index contributed by atoms with van der Waals surface area (Å²) in [6.07, 6.45) is 0.0841. The minimum atomic E-state index is -1.15. The molecule has 0 radical (unpaired) electrons. The van der Waals surface area contributed by atoms with Crippen molar-refractivity contribution in [2.45, 2.75) is 13.0 Å². The molecule has 0 aromatic carbocycles. The predicted octanol–water partition coefficient (Wildman–Crippen LogP) is 0.580. The van der Waals surface area contributed by atoms with E-state index in [9.17, 15) is 9.59 Å². The van der Waals surface area contributed by atoms with Gasteiger partial charge in [-0.3, -0.25) is 4.79 Å². The Morgan fingerprint density at radius 2 is 2.28 bits per heavy atom. The van der Waals surface area contributed by atoms with Crippen LogP contribution in [-0.4, -0.2) is 32.0 Å². The highest BCUT2D eigenvalue weighted by Crippen LogP contribution is 2.27. The maximum atomic E-state index is 11.1. The van der Waals surface area contributed by atoms with Crippen molar-refractivity contribution >= 4 is 23.2 Å². The van der Waals surface area contributed by atoms with Gasteiger partial charge in [-0.1, -0.05) is 11.3 Å². The van der Waals surface area contributed by atoms with E-state index in [0.717, 1.165) is 4.88 Å². The third-order valence-electron chi connectivity index (χ3n) is 2.26. The van der Waals surface area contributed by atoms with Crippen molar-refractivity contribution in [3.63, 3.8) is 0 Å². The number of hydrogen-bond acceptors (Lipinski definition) is 5. The van der Waals surface area contributed by atoms with Gasteiger partial charge in [0.15, 0.2) is 5.69 Å². The third-order valence-corrected chi connectivity index (χ3v) is 3.14. The van der Waals surface area contributed by atoms with Gasteiger partial charge in [0, 0.05) is 6.42 Å². The molecular weight excluding hydrogens is 256 g/mol. The second kappa shape index (κ2) is 4.96. The van der Waals surface area contributed by atoms with Gasteiger partial charge < -0.3 is 10.8 Å². The molecule has 18 heavy (non-hydrogen) atoms. The Morgan fingerprint density at radius 3 is 2.83 bits per heavy atom. The molecule has 0 fully saturated rings. The first-order valence-corrected chi connectivity index (χ1v) is 5.96. The molecule has 0 spiro atoms. The van der Waals surface area contributed by atoms with E-state index in [-0.39, 0.29) is 18.7 Å². The molecule has 3 N–H and O–H groups in total. The van der Waals surface area contributed by atoms with Crippen molar-refractivity contribution in [1.29, 1.82) is 0 Å². The van der Waals surface area contributed by atoms with Crippen molar-refractivity contribution in [2.24, 2.45) is 5.73 Å². The first-order valence-electron chi connectivity index (χ1n) is 5.08. The summed E-state index contributed by atoms with van der Waals surface area (Å²) in [6.45, 7) is 0.211. The highest BCUT2D eigenvalue weighted by Gasteiger charge is 2.21. The number of carboxylic acids is 1. The number of aromatic nitrogens is 3. The van der Waals surface area contributed by atoms with E-state index in [2.05, 4.69) is 10.3 Å². The lowest BCUT2D eigenvalue weighted by Crippen LogP contribution is -2.15. The summed E-state index contributed by atoms with van der Waals surface area (Å²) < 4.78 is 1.39. The molecule has 0 aliphatic carbocycles. The SMILES string of the molecule is NC(=O)CCn1nnc(C(=O)O)c1-c1cccs1. The Balaban J connectivity index is 2.41. The lowest BCUT2D eigenvalue weighted by Gasteiger charge is -2.03. The van der Waals surface area contributed by atoms with Crippen LogP contribution in [-0.2, 0) is 11.3 Å². The summed E-state index contributed by atoms with van der Waals surface area (Å²) in [5.74, 6) is -1.62. The molecule has 0 saturated heterocycles. The maximum absolute atomic E-state index is 11.1. The van der Waals surface area contributed by atoms with Gasteiger partial charge >= 0.3 is 5.97 Å². The van der Waals surface area contributed by atoms with Gasteiger partial charge in [-0.05, 0) is 11.4 Å². The fraction of sp³-hybridized carbons (Fsp3) is 0.200. The molecule has 7 nitrogen and oxygen atoms in total. The average molecular weight is 266 g/mol. The van der Waals surface area contributed by atoms with Crippen molar-refractivity contribution in [3.8, 4) is 10.6 Å². The van der Waals surface area contributed by atoms with Crippen LogP contribution in [0, 0.1) is 0 Å². The van der Waals surface area contributed by atoms with E-state index in [1.165, 1.54) is 16.0 Å². The number of hydrogen-bond donors (Lipinski definition) is 2. The first kappa shape index (κ1) is 12.2. The van der Waals surface area contributed by atoms with Gasteiger partial charge in [0.1, 0.15) is 5.69 Å². The predicted molar refractivity (Wildman–Crippen MR) is 64.1 cm³/mol. The van der Waals surface area contributed by atoms with E-state index < -0.39 is 11.9 Å². The number of aryl methyl sites for hydroxylation is 1. The summed E-state index contributed by atoms with van der Waals surface area (Å²) in [7, 11) is 0. The van der Waals surface area contributed by atoms with Crippen LogP contribution < -0.4 is 5.73 Å². The monoisotopic (exact) mass is 266 g/mol. The highest BCUT2D eigenvalue weighted by molar-refractivity contribution is 7.13. The number of nitrogens with two attached hydrogens (primary N) is 1. The Labute approximate surface area is 106 Å². The molecular formula is C10H10N4O3S. The van der Waals surface area contributed by atoms with Gasteiger partial charge in [0.05, 0.1) is 11.4 Å². The number of aromatic carboxylic acids is 1. The number of carboxylic acid groups (broad SMARTS) is 1. The summed E-state index contributed by atoms with van der Waals surface area (Å²) in [4.78, 5) is 22.6. The summed E-state index contributed by atoms with van der Waals surface area (Å²) in [6, 6.07) is 3.58. The van der Waals surface area contributed by atoms with Crippen LogP contribution in [0.1, 0.15) is 16.9 Å². The fourth-order valence-electron chi connectivity index (χ4n) is 1.49. The van der Waals surface area contributed by atoms with Crippen LogP contribution in [0.15, 0.2) is 17.5 Å². The quantitative estimate of drug-likeness (QED) is 0.822. The second-order valence-corrected chi connectivity index (χ2v) is 4.46. The topological polar surface area (TPSA) is 111 Å². The number of rotatable bonds is 5. The number of carbonyl (C=O) groups is 2. The number of primary amides is 1. The van der Waals surface area contributed by atoms with Gasteiger partial charge in [-0.15, -0.1) is 16.4 Å². The van der Waals surface area contributed by atoms with Crippen molar-refractivity contribution in [1.82, 2.24) is 15.0 Å². The Kier molecular flexibility index (Phi) is 3.38. The van der Waals surface area contributed by atoms with Crippen LogP contribution in [0.5, 0.6) is 0 Å². The van der Waals surface area contributed by atoms with Gasteiger partial charge in [-0.2, -0.15) is 0 Å². The molecule has 0 aliphatic heterocycles. The normalized spacial score (nSPS) is 10.4. The van der Waals surface area contributed by atoms with Crippen molar-refractivity contribution < 1.29 is 14.7 Å². The molecule has 2 heterocycles. The number of thiophene rings is 1. The zero-order chi connectivity index (χ0) is 13.1. The standard InChI is InChI=1S/C10H10N4O3S/c11-7(15)3-4-14-9(6-2-1-5-18-6)8(10(16)17)12-13-14/h1-2,5H,3-4H2,(H2,11,15)(H,16,17). The molecule has 1 amide bonds. The number of nitrogens with zero attached hydrogens (tertiary/aromatic N) is 3. The van der Waals surface area contributed by atoms with E-state index >= 15 is 0 Å². The molecule has 0 bridgehead atoms. The molecule has 2 aromatic rings. The minimum Gasteiger partial charge on any atom is -0.476 e. The summed E-state index contributed by atoms with van der Waals surface area (Å²) in [5.41, 5.74) is 5.34. The Hall–Kier alpha value is -2.22. The van der Waals surface area contributed by atoms with Crippen molar-refractivity contribution in [3.05, 3.63) is 23.2 Å². The zero-order valence-corrected chi connectivity index (χ0v) is 10.1. The van der Waals surface area contributed by atoms with Crippen molar-refractivity contribution in [2.75, 3.05) is 0 Å². The largest absolute Gasteiger partial charge is 0.476 e. The van der Waals surface area contributed by atoms with Gasteiger partial charge in [0.25, 0.3) is 0 Å². The van der Waals surface area contributed by atoms with Crippen LogP contribution in [0.3, 0.4) is 0 Å². The maximum Gasteiger partial charge on any atom is 0.358 e. The zero-order valence-electron chi connectivity index (χ0n) is 9.24. The molecule has 94 valence electrons. The smallest absolute Gasteiger partial charge is 0.358 e. The van der Waals surface area contributed by atoms with Crippen LogP contribution in [0.4, 0.5) is 0 Å². The second-order valence-electron chi connectivity index (χ2n) is 3.51. The fourth-order valence-corrected chi connectivity index (χ4v) is 2.26. The molecule has 0 atom stereocenters. The van der Waals surface area contributed by atoms with Crippen LogP contribution in [0.25, 0.3) is 10.6 Å².